The van der Waals surface area contributed by atoms with Crippen molar-refractivity contribution >= 4 is 30.3 Å². The van der Waals surface area contributed by atoms with Crippen LogP contribution in [-0.4, -0.2) is 77.7 Å². The Hall–Kier alpha value is -2.99. The van der Waals surface area contributed by atoms with E-state index in [0.717, 1.165) is 29.0 Å². The van der Waals surface area contributed by atoms with Crippen LogP contribution in [0.5, 0.6) is 11.5 Å². The standard InChI is InChI=1S/C43H57ClO8Si/c1-42(2,3)53(35-17-10-8-11-18-35,36-19-12-9-13-20-36)50-29-32(27-45)15-14-16-33(44)22-23-34-26-39(41(51-34)40-30-49-43(4,5)52-40)48-28-31-21-24-37(46-6)38(25-31)47-7/h8-13,15-21,24-25,34,39-41,45H,14,22-23,26-30H2,1-7H3/b32-15+,33-16-/t34-,39-,40-,41+/m1/s1. The van der Waals surface area contributed by atoms with Gasteiger partial charge in [0.2, 0.25) is 0 Å². The molecule has 10 heteroatoms. The van der Waals surface area contributed by atoms with E-state index in [1.807, 2.05) is 56.3 Å². The predicted molar refractivity (Wildman–Crippen MR) is 213 cm³/mol. The van der Waals surface area contributed by atoms with Gasteiger partial charge < -0.3 is 38.0 Å². The first-order valence-corrected chi connectivity index (χ1v) is 20.9. The molecule has 2 aliphatic heterocycles. The molecule has 2 heterocycles. The van der Waals surface area contributed by atoms with Crippen LogP contribution in [-0.2, 0) is 30.0 Å². The molecular weight excluding hydrogens is 708 g/mol. The zero-order valence-electron chi connectivity index (χ0n) is 32.3. The zero-order valence-corrected chi connectivity index (χ0v) is 34.1. The van der Waals surface area contributed by atoms with Gasteiger partial charge in [0.25, 0.3) is 8.32 Å². The molecule has 4 atom stereocenters. The minimum absolute atomic E-state index is 0.0479. The van der Waals surface area contributed by atoms with E-state index < -0.39 is 14.1 Å². The lowest BCUT2D eigenvalue weighted by atomic mass is 10.0. The number of allylic oxidation sites excluding steroid dienone is 3. The van der Waals surface area contributed by atoms with Crippen molar-refractivity contribution in [2.24, 2.45) is 0 Å². The summed E-state index contributed by atoms with van der Waals surface area (Å²) in [6, 6.07) is 26.9. The number of methoxy groups -OCH3 is 2. The van der Waals surface area contributed by atoms with Crippen molar-refractivity contribution in [2.75, 3.05) is 34.0 Å². The van der Waals surface area contributed by atoms with Gasteiger partial charge >= 0.3 is 0 Å². The Morgan fingerprint density at radius 3 is 2.17 bits per heavy atom. The maximum Gasteiger partial charge on any atom is 0.261 e. The third-order valence-electron chi connectivity index (χ3n) is 10.1. The first-order chi connectivity index (χ1) is 25.4. The number of hydrogen-bond donors (Lipinski definition) is 1. The van der Waals surface area contributed by atoms with E-state index in [1.54, 1.807) is 14.2 Å². The van der Waals surface area contributed by atoms with E-state index in [-0.39, 0.29) is 36.1 Å². The highest BCUT2D eigenvalue weighted by atomic mass is 35.5. The summed E-state index contributed by atoms with van der Waals surface area (Å²) < 4.78 is 43.1. The summed E-state index contributed by atoms with van der Waals surface area (Å²) in [4.78, 5) is 0. The molecule has 5 rings (SSSR count). The molecule has 1 N–H and O–H groups in total. The minimum Gasteiger partial charge on any atom is -0.493 e. The summed E-state index contributed by atoms with van der Waals surface area (Å²) in [6.45, 7) is 11.7. The largest absolute Gasteiger partial charge is 0.493 e. The molecule has 8 nitrogen and oxygen atoms in total. The molecule has 0 amide bonds. The first kappa shape index (κ1) is 41.2. The Kier molecular flexibility index (Phi) is 14.4. The number of aliphatic hydroxyl groups excluding tert-OH is 1. The molecule has 0 radical (unpaired) electrons. The van der Waals surface area contributed by atoms with E-state index in [2.05, 4.69) is 69.3 Å². The molecule has 0 saturated carbocycles. The molecule has 2 aliphatic rings. The van der Waals surface area contributed by atoms with Crippen LogP contribution < -0.4 is 19.8 Å². The molecule has 0 unspecified atom stereocenters. The second kappa shape index (κ2) is 18.6. The van der Waals surface area contributed by atoms with E-state index in [1.165, 1.54) is 10.4 Å². The van der Waals surface area contributed by atoms with Gasteiger partial charge in [0.05, 0.1) is 52.9 Å². The molecule has 0 spiro atoms. The Bertz CT molecular complexity index is 1620. The highest BCUT2D eigenvalue weighted by molar-refractivity contribution is 6.99. The van der Waals surface area contributed by atoms with E-state index in [0.29, 0.717) is 44.2 Å². The van der Waals surface area contributed by atoms with E-state index in [4.69, 9.17) is 44.4 Å². The molecule has 2 saturated heterocycles. The molecule has 3 aromatic rings. The van der Waals surface area contributed by atoms with Crippen molar-refractivity contribution in [3.63, 3.8) is 0 Å². The number of aliphatic hydroxyl groups is 1. The highest BCUT2D eigenvalue weighted by Gasteiger charge is 2.50. The number of halogens is 1. The van der Waals surface area contributed by atoms with Crippen LogP contribution >= 0.6 is 11.6 Å². The van der Waals surface area contributed by atoms with Gasteiger partial charge in [-0.2, -0.15) is 0 Å². The van der Waals surface area contributed by atoms with Gasteiger partial charge in [-0.3, -0.25) is 0 Å². The van der Waals surface area contributed by atoms with Crippen LogP contribution in [0.15, 0.2) is 102 Å². The molecule has 2 fully saturated rings. The molecule has 0 aromatic heterocycles. The average Bonchev–Trinajstić information content (AvgIpc) is 3.74. The second-order valence-electron chi connectivity index (χ2n) is 15.3. The van der Waals surface area contributed by atoms with Crippen molar-refractivity contribution in [2.45, 2.75) is 102 Å². The molecule has 3 aromatic carbocycles. The summed E-state index contributed by atoms with van der Waals surface area (Å²) in [5.74, 6) is 0.667. The van der Waals surface area contributed by atoms with Gasteiger partial charge in [-0.15, -0.1) is 0 Å². The van der Waals surface area contributed by atoms with Gasteiger partial charge in [0, 0.05) is 11.5 Å². The Labute approximate surface area is 322 Å². The van der Waals surface area contributed by atoms with Crippen LogP contribution in [0, 0.1) is 0 Å². The minimum atomic E-state index is -2.73. The van der Waals surface area contributed by atoms with Crippen molar-refractivity contribution in [3.8, 4) is 11.5 Å². The first-order valence-electron chi connectivity index (χ1n) is 18.6. The van der Waals surface area contributed by atoms with Crippen molar-refractivity contribution in [1.29, 1.82) is 0 Å². The predicted octanol–water partition coefficient (Wildman–Crippen LogP) is 7.69. The smallest absolute Gasteiger partial charge is 0.261 e. The van der Waals surface area contributed by atoms with Gasteiger partial charge in [-0.25, -0.2) is 0 Å². The molecule has 0 bridgehead atoms. The maximum absolute atomic E-state index is 10.4. The quantitative estimate of drug-likeness (QED) is 0.111. The third kappa shape index (κ3) is 10.4. The number of benzene rings is 3. The van der Waals surface area contributed by atoms with Crippen LogP contribution in [0.25, 0.3) is 0 Å². The summed E-state index contributed by atoms with van der Waals surface area (Å²) in [7, 11) is 0.523. The zero-order chi connectivity index (χ0) is 38.1. The summed E-state index contributed by atoms with van der Waals surface area (Å²) >= 11 is 6.78. The molecule has 53 heavy (non-hydrogen) atoms. The van der Waals surface area contributed by atoms with Crippen molar-refractivity contribution in [3.05, 3.63) is 107 Å². The molecular formula is C43H57ClO8Si. The van der Waals surface area contributed by atoms with Crippen LogP contribution in [0.4, 0.5) is 0 Å². The topological polar surface area (TPSA) is 84.8 Å². The third-order valence-corrected chi connectivity index (χ3v) is 15.4. The lowest BCUT2D eigenvalue weighted by molar-refractivity contribution is -0.164. The average molecular weight is 765 g/mol. The fourth-order valence-corrected chi connectivity index (χ4v) is 12.1. The fourth-order valence-electron chi connectivity index (χ4n) is 7.37. The number of rotatable bonds is 17. The van der Waals surface area contributed by atoms with E-state index in [9.17, 15) is 5.11 Å². The lowest BCUT2D eigenvalue weighted by Crippen LogP contribution is -2.66. The van der Waals surface area contributed by atoms with Crippen LogP contribution in [0.1, 0.15) is 65.9 Å². The highest BCUT2D eigenvalue weighted by Crippen LogP contribution is 2.38. The van der Waals surface area contributed by atoms with Crippen molar-refractivity contribution in [1.82, 2.24) is 0 Å². The summed E-state index contributed by atoms with van der Waals surface area (Å²) in [5.41, 5.74) is 1.81. The van der Waals surface area contributed by atoms with Gasteiger partial charge in [-0.05, 0) is 71.8 Å². The SMILES string of the molecule is COc1ccc(CO[C@@H]2C[C@@H](CC/C(Cl)=C/C/C=C(\CO)CO[Si](c3ccccc3)(c3ccccc3)C(C)(C)C)O[C@@H]2[C@H]2COC(C)(C)O2)cc1OC. The van der Waals surface area contributed by atoms with Gasteiger partial charge in [-0.1, -0.05) is 111 Å². The summed E-state index contributed by atoms with van der Waals surface area (Å²) in [6.07, 6.45) is 6.02. The summed E-state index contributed by atoms with van der Waals surface area (Å²) in [5, 5.41) is 13.4. The Morgan fingerprint density at radius 2 is 1.60 bits per heavy atom. The van der Waals surface area contributed by atoms with Crippen molar-refractivity contribution < 1.29 is 38.0 Å². The lowest BCUT2D eigenvalue weighted by Gasteiger charge is -2.43. The Morgan fingerprint density at radius 1 is 0.943 bits per heavy atom. The van der Waals surface area contributed by atoms with Gasteiger partial charge in [0.15, 0.2) is 17.3 Å². The number of hydrogen-bond acceptors (Lipinski definition) is 8. The molecule has 0 aliphatic carbocycles. The maximum atomic E-state index is 10.4. The van der Waals surface area contributed by atoms with E-state index >= 15 is 0 Å². The monoisotopic (exact) mass is 764 g/mol. The van der Waals surface area contributed by atoms with Crippen LogP contribution in [0.3, 0.4) is 0 Å². The molecule has 288 valence electrons. The second-order valence-corrected chi connectivity index (χ2v) is 20.1. The fraction of sp³-hybridized carbons (Fsp3) is 0.488. The normalized spacial score (nSPS) is 22.3. The van der Waals surface area contributed by atoms with Gasteiger partial charge in [0.1, 0.15) is 12.2 Å². The van der Waals surface area contributed by atoms with Crippen LogP contribution in [0.2, 0.25) is 5.04 Å². The number of ether oxygens (including phenoxy) is 6. The Balaban J connectivity index is 1.20.